The fraction of sp³-hybridized carbons (Fsp3) is 0.389. The summed E-state index contributed by atoms with van der Waals surface area (Å²) in [6, 6.07) is 6.12. The maximum atomic E-state index is 12.8. The van der Waals surface area contributed by atoms with E-state index in [9.17, 15) is 26.4 Å². The number of carbonyl (C=O) groups is 1. The molecule has 2 heterocycles. The second-order valence-electron chi connectivity index (χ2n) is 6.40. The molecule has 6 nitrogen and oxygen atoms in total. The number of benzene rings is 1. The van der Waals surface area contributed by atoms with Crippen molar-refractivity contribution >= 4 is 15.7 Å². The highest BCUT2D eigenvalue weighted by Gasteiger charge is 2.32. The Morgan fingerprint density at radius 2 is 2.00 bits per heavy atom. The maximum Gasteiger partial charge on any atom is 0.416 e. The van der Waals surface area contributed by atoms with E-state index < -0.39 is 38.1 Å². The largest absolute Gasteiger partial charge is 0.455 e. The number of hydrogen-bond acceptors (Lipinski definition) is 5. The zero-order valence-electron chi connectivity index (χ0n) is 14.7. The lowest BCUT2D eigenvalue weighted by Gasteiger charge is -2.09. The van der Waals surface area contributed by atoms with Crippen LogP contribution in [0.5, 0.6) is 0 Å². The Hall–Kier alpha value is -2.33. The van der Waals surface area contributed by atoms with Crippen molar-refractivity contribution in [2.24, 2.45) is 0 Å². The van der Waals surface area contributed by atoms with Gasteiger partial charge in [0.2, 0.25) is 0 Å². The second-order valence-corrected chi connectivity index (χ2v) is 8.39. The van der Waals surface area contributed by atoms with Crippen molar-refractivity contribution in [3.63, 3.8) is 0 Å². The van der Waals surface area contributed by atoms with Gasteiger partial charge in [-0.3, -0.25) is 4.79 Å². The predicted molar refractivity (Wildman–Crippen MR) is 92.3 cm³/mol. The first kappa shape index (κ1) is 20.4. The molecule has 28 heavy (non-hydrogen) atoms. The Morgan fingerprint density at radius 3 is 2.68 bits per heavy atom. The number of hydrogen-bond donors (Lipinski definition) is 1. The molecule has 152 valence electrons. The monoisotopic (exact) mass is 417 g/mol. The minimum absolute atomic E-state index is 0.0420. The third-order valence-electron chi connectivity index (χ3n) is 4.25. The van der Waals surface area contributed by atoms with E-state index in [0.29, 0.717) is 19.2 Å². The molecule has 1 N–H and O–H groups in total. The van der Waals surface area contributed by atoms with Crippen LogP contribution in [0.3, 0.4) is 0 Å². The molecule has 1 aromatic carbocycles. The summed E-state index contributed by atoms with van der Waals surface area (Å²) >= 11 is 0. The summed E-state index contributed by atoms with van der Waals surface area (Å²) in [6.45, 7) is 0.968. The van der Waals surface area contributed by atoms with Gasteiger partial charge < -0.3 is 14.5 Å². The minimum atomic E-state index is -4.65. The molecule has 1 aliphatic heterocycles. The number of amides is 1. The first-order chi connectivity index (χ1) is 13.1. The zero-order valence-corrected chi connectivity index (χ0v) is 15.5. The number of carbonyl (C=O) groups excluding carboxylic acids is 1. The molecule has 1 atom stereocenters. The minimum Gasteiger partial charge on any atom is -0.455 e. The van der Waals surface area contributed by atoms with Crippen LogP contribution in [0.1, 0.15) is 34.7 Å². The van der Waals surface area contributed by atoms with Crippen molar-refractivity contribution in [3.8, 4) is 0 Å². The number of halogens is 3. The number of nitrogens with one attached hydrogen (secondary N) is 1. The molecule has 0 bridgehead atoms. The standard InChI is InChI=1S/C18H18F3NO5S/c19-18(20,21)12-3-1-5-15(9-12)28(24,25)11-14-6-7-16(27-14)17(23)22-10-13-4-2-8-26-13/h1,3,5-7,9,13H,2,4,8,10-11H2,(H,22,23)/t13-/m0/s1. The molecule has 10 heteroatoms. The van der Waals surface area contributed by atoms with Crippen molar-refractivity contribution in [2.45, 2.75) is 35.8 Å². The van der Waals surface area contributed by atoms with E-state index in [0.717, 1.165) is 31.0 Å². The quantitative estimate of drug-likeness (QED) is 0.780. The molecule has 1 amide bonds. The summed E-state index contributed by atoms with van der Waals surface area (Å²) in [6.07, 6.45) is -2.93. The summed E-state index contributed by atoms with van der Waals surface area (Å²) in [4.78, 5) is 11.6. The summed E-state index contributed by atoms with van der Waals surface area (Å²) in [7, 11) is -4.08. The van der Waals surface area contributed by atoms with Gasteiger partial charge in [-0.15, -0.1) is 0 Å². The molecule has 3 rings (SSSR count). The highest BCUT2D eigenvalue weighted by molar-refractivity contribution is 7.90. The molecular formula is C18H18F3NO5S. The molecule has 1 aliphatic rings. The smallest absolute Gasteiger partial charge is 0.416 e. The topological polar surface area (TPSA) is 85.6 Å². The first-order valence-electron chi connectivity index (χ1n) is 8.54. The van der Waals surface area contributed by atoms with Crippen LogP contribution >= 0.6 is 0 Å². The molecule has 1 fully saturated rings. The summed E-state index contributed by atoms with van der Waals surface area (Å²) in [5, 5.41) is 2.64. The number of ether oxygens (including phenoxy) is 1. The van der Waals surface area contributed by atoms with Gasteiger partial charge in [0.25, 0.3) is 5.91 Å². The molecule has 0 unspecified atom stereocenters. The van der Waals surface area contributed by atoms with Gasteiger partial charge in [-0.05, 0) is 43.2 Å². The fourth-order valence-electron chi connectivity index (χ4n) is 2.81. The Bertz CT molecular complexity index is 946. The van der Waals surface area contributed by atoms with Gasteiger partial charge in [-0.25, -0.2) is 8.42 Å². The number of alkyl halides is 3. The van der Waals surface area contributed by atoms with Crippen molar-refractivity contribution in [3.05, 3.63) is 53.5 Å². The number of rotatable bonds is 6. The summed E-state index contributed by atoms with van der Waals surface area (Å²) in [5.41, 5.74) is -1.05. The fourth-order valence-corrected chi connectivity index (χ4v) is 4.10. The van der Waals surface area contributed by atoms with E-state index in [1.807, 2.05) is 0 Å². The van der Waals surface area contributed by atoms with E-state index in [-0.39, 0.29) is 17.6 Å². The molecule has 0 saturated carbocycles. The molecule has 1 saturated heterocycles. The highest BCUT2D eigenvalue weighted by Crippen LogP contribution is 2.31. The Balaban J connectivity index is 1.67. The average molecular weight is 417 g/mol. The SMILES string of the molecule is O=C(NC[C@@H]1CCCO1)c1ccc(CS(=O)(=O)c2cccc(C(F)(F)F)c2)o1. The zero-order chi connectivity index (χ0) is 20.4. The Morgan fingerprint density at radius 1 is 1.21 bits per heavy atom. The number of furan rings is 1. The first-order valence-corrected chi connectivity index (χ1v) is 10.2. The Labute approximate surface area is 159 Å². The van der Waals surface area contributed by atoms with Gasteiger partial charge in [0.1, 0.15) is 11.5 Å². The summed E-state index contributed by atoms with van der Waals surface area (Å²) < 4.78 is 73.9. The third-order valence-corrected chi connectivity index (χ3v) is 5.89. The molecule has 1 aromatic heterocycles. The van der Waals surface area contributed by atoms with Crippen molar-refractivity contribution in [2.75, 3.05) is 13.2 Å². The van der Waals surface area contributed by atoms with Crippen molar-refractivity contribution < 1.29 is 35.5 Å². The van der Waals surface area contributed by atoms with Gasteiger partial charge in [-0.2, -0.15) is 13.2 Å². The summed E-state index contributed by atoms with van der Waals surface area (Å²) in [5.74, 6) is -1.29. The lowest BCUT2D eigenvalue weighted by Crippen LogP contribution is -2.31. The van der Waals surface area contributed by atoms with Gasteiger partial charge in [0.15, 0.2) is 15.6 Å². The van der Waals surface area contributed by atoms with Crippen LogP contribution in [-0.4, -0.2) is 33.6 Å². The van der Waals surface area contributed by atoms with Gasteiger partial charge in [0, 0.05) is 13.2 Å². The van der Waals surface area contributed by atoms with Crippen molar-refractivity contribution in [1.82, 2.24) is 5.32 Å². The van der Waals surface area contributed by atoms with Crippen molar-refractivity contribution in [1.29, 1.82) is 0 Å². The van der Waals surface area contributed by atoms with Gasteiger partial charge in [0.05, 0.1) is 16.6 Å². The maximum absolute atomic E-state index is 12.8. The average Bonchev–Trinajstić information content (AvgIpc) is 3.30. The van der Waals surface area contributed by atoms with E-state index in [2.05, 4.69) is 5.32 Å². The van der Waals surface area contributed by atoms with E-state index in [1.165, 1.54) is 12.1 Å². The molecule has 0 aliphatic carbocycles. The molecule has 2 aromatic rings. The van der Waals surface area contributed by atoms with Crippen LogP contribution in [0.25, 0.3) is 0 Å². The molecule has 0 spiro atoms. The normalized spacial score (nSPS) is 17.6. The number of sulfone groups is 1. The van der Waals surface area contributed by atoms with Crippen LogP contribution in [-0.2, 0) is 26.5 Å². The van der Waals surface area contributed by atoms with Crippen LogP contribution < -0.4 is 5.32 Å². The lowest BCUT2D eigenvalue weighted by atomic mass is 10.2. The Kier molecular flexibility index (Phi) is 5.80. The lowest BCUT2D eigenvalue weighted by molar-refractivity contribution is -0.137. The third kappa shape index (κ3) is 4.93. The van der Waals surface area contributed by atoms with Crippen LogP contribution in [0.15, 0.2) is 45.7 Å². The van der Waals surface area contributed by atoms with E-state index >= 15 is 0 Å². The highest BCUT2D eigenvalue weighted by atomic mass is 32.2. The second kappa shape index (κ2) is 7.96. The van der Waals surface area contributed by atoms with E-state index in [1.54, 1.807) is 0 Å². The predicted octanol–water partition coefficient (Wildman–Crippen LogP) is 3.18. The van der Waals surface area contributed by atoms with Gasteiger partial charge >= 0.3 is 6.18 Å². The molecular weight excluding hydrogens is 399 g/mol. The van der Waals surface area contributed by atoms with E-state index in [4.69, 9.17) is 9.15 Å². The van der Waals surface area contributed by atoms with Crippen LogP contribution in [0.2, 0.25) is 0 Å². The molecule has 0 radical (unpaired) electrons. The van der Waals surface area contributed by atoms with Crippen LogP contribution in [0, 0.1) is 0 Å². The van der Waals surface area contributed by atoms with Crippen LogP contribution in [0.4, 0.5) is 13.2 Å². The van der Waals surface area contributed by atoms with Gasteiger partial charge in [-0.1, -0.05) is 6.07 Å².